The molecule has 0 unspecified atom stereocenters. The Kier molecular flexibility index (Phi) is 9.47. The van der Waals surface area contributed by atoms with E-state index < -0.39 is 0 Å². The highest BCUT2D eigenvalue weighted by Gasteiger charge is 2.15. The smallest absolute Gasteiger partial charge is 0.127 e. The molecular weight excluding hydrogens is 456 g/mol. The van der Waals surface area contributed by atoms with Gasteiger partial charge in [0, 0.05) is 17.3 Å². The van der Waals surface area contributed by atoms with Gasteiger partial charge in [-0.2, -0.15) is 0 Å². The second-order valence-corrected chi connectivity index (χ2v) is 9.59. The fourth-order valence-corrected chi connectivity index (χ4v) is 4.53. The summed E-state index contributed by atoms with van der Waals surface area (Å²) in [6, 6.07) is 31.9. The minimum atomic E-state index is 0.322. The second-order valence-electron chi connectivity index (χ2n) is 9.59. The number of nitrogens with two attached hydrogens (primary N) is 2. The fraction of sp³-hybridized carbons (Fsp3) is 0.273. The van der Waals surface area contributed by atoms with E-state index in [1.54, 1.807) is 0 Å². The molecule has 0 fully saturated rings. The van der Waals surface area contributed by atoms with E-state index in [-0.39, 0.29) is 0 Å². The summed E-state index contributed by atoms with van der Waals surface area (Å²) >= 11 is 0. The predicted octanol–water partition coefficient (Wildman–Crippen LogP) is 9.32. The highest BCUT2D eigenvalue weighted by molar-refractivity contribution is 5.45. The molecule has 4 N–H and O–H groups in total. The quantitative estimate of drug-likeness (QED) is 0.143. The number of benzene rings is 4. The topological polar surface area (TPSA) is 70.5 Å². The van der Waals surface area contributed by atoms with Crippen LogP contribution in [-0.4, -0.2) is 0 Å². The van der Waals surface area contributed by atoms with Gasteiger partial charge in [0.25, 0.3) is 0 Å². The molecule has 4 aromatic carbocycles. The van der Waals surface area contributed by atoms with Crippen molar-refractivity contribution >= 4 is 11.4 Å². The average Bonchev–Trinajstić information content (AvgIpc) is 2.92. The number of nitrogen functional groups attached to an aromatic ring is 2. The van der Waals surface area contributed by atoms with Crippen LogP contribution in [0.3, 0.4) is 0 Å². The third-order valence-electron chi connectivity index (χ3n) is 6.64. The van der Waals surface area contributed by atoms with Crippen molar-refractivity contribution in [2.24, 2.45) is 0 Å². The van der Waals surface area contributed by atoms with Crippen LogP contribution < -0.4 is 20.9 Å². The SMILES string of the molecule is CCCCCCCCC(c1ccc(Oc2ccc(N)cc2)cc1)c1ccc(Oc2ccc(N)cc2)cc1. The van der Waals surface area contributed by atoms with E-state index in [1.807, 2.05) is 48.5 Å². The largest absolute Gasteiger partial charge is 0.457 e. The van der Waals surface area contributed by atoms with Gasteiger partial charge in [0.1, 0.15) is 23.0 Å². The molecule has 37 heavy (non-hydrogen) atoms. The van der Waals surface area contributed by atoms with Gasteiger partial charge in [-0.05, 0) is 90.3 Å². The second kappa shape index (κ2) is 13.4. The first-order chi connectivity index (χ1) is 18.1. The number of hydrogen-bond donors (Lipinski definition) is 2. The summed E-state index contributed by atoms with van der Waals surface area (Å²) in [6.45, 7) is 2.26. The lowest BCUT2D eigenvalue weighted by Gasteiger charge is -2.19. The van der Waals surface area contributed by atoms with E-state index >= 15 is 0 Å². The Morgan fingerprint density at radius 1 is 0.486 bits per heavy atom. The van der Waals surface area contributed by atoms with E-state index in [0.717, 1.165) is 40.8 Å². The van der Waals surface area contributed by atoms with Crippen LogP contribution in [0.15, 0.2) is 97.1 Å². The van der Waals surface area contributed by atoms with Crippen LogP contribution >= 0.6 is 0 Å². The van der Waals surface area contributed by atoms with Crippen molar-refractivity contribution in [3.05, 3.63) is 108 Å². The molecular formula is C33H38N2O2. The summed E-state index contributed by atoms with van der Waals surface area (Å²) in [5, 5.41) is 0. The third kappa shape index (κ3) is 8.04. The maximum absolute atomic E-state index is 6.01. The molecule has 4 aromatic rings. The number of hydrogen-bond acceptors (Lipinski definition) is 4. The molecule has 4 nitrogen and oxygen atoms in total. The highest BCUT2D eigenvalue weighted by Crippen LogP contribution is 2.34. The van der Waals surface area contributed by atoms with Gasteiger partial charge < -0.3 is 20.9 Å². The lowest BCUT2D eigenvalue weighted by molar-refractivity contribution is 0.482. The van der Waals surface area contributed by atoms with Crippen molar-refractivity contribution < 1.29 is 9.47 Å². The van der Waals surface area contributed by atoms with E-state index in [2.05, 4.69) is 55.5 Å². The van der Waals surface area contributed by atoms with Gasteiger partial charge in [0.15, 0.2) is 0 Å². The van der Waals surface area contributed by atoms with Crippen molar-refractivity contribution in [3.8, 4) is 23.0 Å². The first kappa shape index (κ1) is 26.2. The molecule has 0 heterocycles. The number of anilines is 2. The Morgan fingerprint density at radius 2 is 0.838 bits per heavy atom. The van der Waals surface area contributed by atoms with Crippen molar-refractivity contribution in [2.45, 2.75) is 57.8 Å². The van der Waals surface area contributed by atoms with Gasteiger partial charge in [-0.25, -0.2) is 0 Å². The fourth-order valence-electron chi connectivity index (χ4n) is 4.53. The van der Waals surface area contributed by atoms with Gasteiger partial charge in [-0.3, -0.25) is 0 Å². The summed E-state index contributed by atoms with van der Waals surface area (Å²) in [5.74, 6) is 3.52. The number of ether oxygens (including phenoxy) is 2. The molecule has 192 valence electrons. The summed E-state index contributed by atoms with van der Waals surface area (Å²) in [7, 11) is 0. The zero-order valence-corrected chi connectivity index (χ0v) is 21.7. The molecule has 0 aliphatic heterocycles. The molecule has 0 aliphatic carbocycles. The molecule has 0 spiro atoms. The lowest BCUT2D eigenvalue weighted by Crippen LogP contribution is -2.02. The molecule has 0 saturated carbocycles. The van der Waals surface area contributed by atoms with Crippen LogP contribution in [0.4, 0.5) is 11.4 Å². The molecule has 0 saturated heterocycles. The van der Waals surface area contributed by atoms with Gasteiger partial charge in [0.2, 0.25) is 0 Å². The van der Waals surface area contributed by atoms with Crippen molar-refractivity contribution in [3.63, 3.8) is 0 Å². The molecule has 0 amide bonds. The molecule has 0 atom stereocenters. The Bertz CT molecular complexity index is 1110. The van der Waals surface area contributed by atoms with E-state index in [1.165, 1.54) is 49.7 Å². The molecule has 0 aromatic heterocycles. The molecule has 4 heteroatoms. The summed E-state index contributed by atoms with van der Waals surface area (Å²) in [5.41, 5.74) is 15.6. The Balaban J connectivity index is 1.46. The summed E-state index contributed by atoms with van der Waals surface area (Å²) < 4.78 is 12.0. The van der Waals surface area contributed by atoms with Gasteiger partial charge in [-0.15, -0.1) is 0 Å². The van der Waals surface area contributed by atoms with Crippen molar-refractivity contribution in [1.82, 2.24) is 0 Å². The Morgan fingerprint density at radius 3 is 1.24 bits per heavy atom. The van der Waals surface area contributed by atoms with Gasteiger partial charge >= 0.3 is 0 Å². The van der Waals surface area contributed by atoms with Crippen molar-refractivity contribution in [1.29, 1.82) is 0 Å². The van der Waals surface area contributed by atoms with Crippen molar-refractivity contribution in [2.75, 3.05) is 11.5 Å². The monoisotopic (exact) mass is 494 g/mol. The van der Waals surface area contributed by atoms with Gasteiger partial charge in [-0.1, -0.05) is 69.7 Å². The van der Waals surface area contributed by atoms with Crippen LogP contribution in [0.1, 0.15) is 68.9 Å². The number of unbranched alkanes of at least 4 members (excludes halogenated alkanes) is 5. The Hall–Kier alpha value is -3.92. The van der Waals surface area contributed by atoms with Crippen LogP contribution in [0, 0.1) is 0 Å². The van der Waals surface area contributed by atoms with Gasteiger partial charge in [0.05, 0.1) is 0 Å². The zero-order valence-electron chi connectivity index (χ0n) is 21.7. The Labute approximate surface area is 221 Å². The molecule has 0 radical (unpaired) electrons. The van der Waals surface area contributed by atoms with Crippen LogP contribution in [0.2, 0.25) is 0 Å². The zero-order chi connectivity index (χ0) is 25.9. The maximum atomic E-state index is 6.01. The normalized spacial score (nSPS) is 11.0. The first-order valence-corrected chi connectivity index (χ1v) is 13.4. The molecule has 0 aliphatic rings. The van der Waals surface area contributed by atoms with Crippen LogP contribution in [-0.2, 0) is 0 Å². The van der Waals surface area contributed by atoms with E-state index in [4.69, 9.17) is 20.9 Å². The molecule has 4 rings (SSSR count). The standard InChI is InChI=1S/C33H38N2O2/c1-2-3-4-5-6-7-8-33(25-9-17-29(18-10-25)36-31-21-13-27(34)14-22-31)26-11-19-30(20-12-26)37-32-23-15-28(35)16-24-32/h9-24,33H,2-8,34-35H2,1H3. The van der Waals surface area contributed by atoms with Crippen LogP contribution in [0.5, 0.6) is 23.0 Å². The van der Waals surface area contributed by atoms with E-state index in [9.17, 15) is 0 Å². The number of rotatable bonds is 13. The van der Waals surface area contributed by atoms with E-state index in [0.29, 0.717) is 5.92 Å². The minimum absolute atomic E-state index is 0.322. The molecule has 0 bridgehead atoms. The third-order valence-corrected chi connectivity index (χ3v) is 6.64. The minimum Gasteiger partial charge on any atom is -0.457 e. The summed E-state index contributed by atoms with van der Waals surface area (Å²) in [6.07, 6.45) is 8.84. The highest BCUT2D eigenvalue weighted by atomic mass is 16.5. The summed E-state index contributed by atoms with van der Waals surface area (Å²) in [4.78, 5) is 0. The van der Waals surface area contributed by atoms with Crippen LogP contribution in [0.25, 0.3) is 0 Å². The average molecular weight is 495 g/mol. The lowest BCUT2D eigenvalue weighted by atomic mass is 9.86. The first-order valence-electron chi connectivity index (χ1n) is 13.4. The predicted molar refractivity (Wildman–Crippen MR) is 155 cm³/mol. The maximum Gasteiger partial charge on any atom is 0.127 e.